The van der Waals surface area contributed by atoms with Crippen molar-refractivity contribution in [3.63, 3.8) is 0 Å². The van der Waals surface area contributed by atoms with Gasteiger partial charge < -0.3 is 104 Å². The zero-order chi connectivity index (χ0) is 89.2. The number of carbonyl (C=O) groups excluding carboxylic acids is 1. The van der Waals surface area contributed by atoms with Gasteiger partial charge in [0.15, 0.2) is 11.2 Å². The van der Waals surface area contributed by atoms with Crippen molar-refractivity contribution in [2.45, 2.75) is 140 Å². The Hall–Kier alpha value is -3.02. The maximum absolute atomic E-state index is 13.3. The number of rotatable bonds is 28. The molecule has 0 bridgehead atoms. The van der Waals surface area contributed by atoms with Crippen molar-refractivity contribution in [1.82, 2.24) is 54.7 Å². The van der Waals surface area contributed by atoms with E-state index < -0.39 is 35.4 Å². The first kappa shape index (κ1) is 111. The van der Waals surface area contributed by atoms with E-state index in [4.69, 9.17) is 78.8 Å². The van der Waals surface area contributed by atoms with Crippen LogP contribution in [0.3, 0.4) is 0 Å². The van der Waals surface area contributed by atoms with Gasteiger partial charge in [-0.1, -0.05) is 88.1 Å². The standard InChI is InChI=1S/C33H31N5O5.C16H23N5O4.C16H22N4O4.C12H16N4O4.2CH4.I7.I4/c1-41-17-26-25(42-2)16-27(43-26)38-31-30(33(40)37-18-36-31)24(34)11-3-4-14-35-32(39)23-15-21-9-5-7-19-12-13-20-8-6-10-22(23)29(20)28(19)21;1-23-8-12-11(24-2)7-13(25-12)21-15-14(16(22)20-9-19-15)10(18)5-3-4-6-17;1-4-5-6-10(17)14-15(18-9-19-16(14)21)20-13-7-11(23-3)12(24-13)8-22-2;1-18-4-8-7(19-2)3-9(20-8)16-6-15-10-11(16)13-5-14-12(10)17;;;1-5-7(4)6(2)3;1-4(2)3/h5-10,12-13,15,18,25-27,34H,4,14,16-17H2,1-2H3,(H,35,39)(H2,36,37,38,40);9,11-13,18H,4,6-8,17H2,1-2H3,(H2,19,20,21,22);9,11-13,17H,4,7-8H2,1-3H3,(H2,18,19,20,21);5-9H,3-4H2,1-2H3,(H,13,14,17);2*1H4;;/q;;;;;;-1;/t25?,26-,27-;2*11?,12-,13-;7?,8-,9-;;;;/m1111..../s1. The Morgan fingerprint density at radius 2 is 0.952 bits per heavy atom. The summed E-state index contributed by atoms with van der Waals surface area (Å²) < 4.78 is 67.6. The van der Waals surface area contributed by atoms with E-state index in [0.717, 1.165) is 32.3 Å². The Labute approximate surface area is 815 Å². The molecule has 4 fully saturated rings. The van der Waals surface area contributed by atoms with E-state index in [9.17, 15) is 24.0 Å². The number of nitrogens with zero attached hydrogens (tertiary/aromatic N) is 6. The third kappa shape index (κ3) is 32.4. The van der Waals surface area contributed by atoms with Crippen LogP contribution in [0.5, 0.6) is 0 Å². The van der Waals surface area contributed by atoms with E-state index in [1.807, 2.05) is 37.3 Å². The van der Waals surface area contributed by atoms with E-state index in [1.54, 1.807) is 67.8 Å². The van der Waals surface area contributed by atoms with Crippen LogP contribution in [0, 0.1) is 51.8 Å². The van der Waals surface area contributed by atoms with Gasteiger partial charge in [-0.3, -0.25) is 44.8 Å². The summed E-state index contributed by atoms with van der Waals surface area (Å²) in [5, 5.41) is 43.1. The minimum absolute atomic E-state index is 0. The average Bonchev–Trinajstić information content (AvgIpc) is 1.50. The number of anilines is 3. The molecule has 13 rings (SSSR count). The number of aromatic nitrogens is 10. The SMILES string of the molecule is C.C.CCC#CC(=N)c1c(N[C@H]2CC(OC)[C@@H](COC)O2)nc[nH]c1=O.COC[C@H]1O[C@@H](Nc2nc[nH]c(=O)c2C(=N)C#CCCN)CC1OC.COC[C@H]1O[C@@H](Nc2nc[nH]c(=O)c2C(=N)C#CCCNC(=O)c2cc3cccc4ccc5cccc2c5c43)CC1OC.COC[C@H]1O[C@@H](n2cnc3c(=O)[nH]cnc32)CC1OC.II(I)I.I[I-]I(I)I(I)I. The fourth-order valence-electron chi connectivity index (χ4n) is 13.3. The second-order valence-corrected chi connectivity index (χ2v) is 189. The number of nitrogens with two attached hydrogens (primary N) is 1. The summed E-state index contributed by atoms with van der Waals surface area (Å²) in [6.45, 7) is 4.17. The van der Waals surface area contributed by atoms with Crippen LogP contribution in [0.25, 0.3) is 43.5 Å². The molecule has 0 aliphatic carbocycles. The predicted octanol–water partition coefficient (Wildman–Crippen LogP) is 11.7. The molecule has 13 N–H and O–H groups in total. The summed E-state index contributed by atoms with van der Waals surface area (Å²) in [6, 6.07) is 18.2. The van der Waals surface area contributed by atoms with Crippen LogP contribution in [-0.4, -0.2) is 236 Å². The molecule has 0 radical (unpaired) electrons. The molecule has 12 atom stereocenters. The van der Waals surface area contributed by atoms with Crippen molar-refractivity contribution < 1.29 is 74.9 Å². The Kier molecular flexibility index (Phi) is 51.6. The number of halogens is 11. The first-order valence-electron chi connectivity index (χ1n) is 37.2. The molecule has 9 heterocycles. The quantitative estimate of drug-likeness (QED) is 0.00712. The molecule has 4 aliphatic heterocycles. The van der Waals surface area contributed by atoms with Crippen LogP contribution in [0.15, 0.2) is 105 Å². The fourth-order valence-corrected chi connectivity index (χ4v) is 223. The number of hydrogen-bond acceptors (Lipinski definition) is 29. The minimum atomic E-state index is -0.492. The number of hydrogen-bond donors (Lipinski definition) is 12. The number of benzene rings is 4. The number of imidazole rings is 1. The van der Waals surface area contributed by atoms with Gasteiger partial charge in [0.2, 0.25) is 0 Å². The summed E-state index contributed by atoms with van der Waals surface area (Å²) in [7, 11) is 12.0. The van der Waals surface area contributed by atoms with Gasteiger partial charge in [-0.25, -0.2) is 24.9 Å². The Balaban J connectivity index is 0.000000256. The second-order valence-electron chi connectivity index (χ2n) is 26.3. The molecule has 5 aromatic heterocycles. The molecular weight excluding hydrogens is 2870 g/mol. The van der Waals surface area contributed by atoms with E-state index in [0.29, 0.717) is 108 Å². The van der Waals surface area contributed by atoms with Crippen LogP contribution < -0.4 is 62.5 Å². The van der Waals surface area contributed by atoms with Gasteiger partial charge in [-0.15, -0.1) is 0 Å². The van der Waals surface area contributed by atoms with Gasteiger partial charge in [0.25, 0.3) is 28.1 Å². The Bertz CT molecular complexity index is 5430. The first-order valence-corrected chi connectivity index (χ1v) is 93.8. The van der Waals surface area contributed by atoms with Crippen molar-refractivity contribution in [2.75, 3.05) is 112 Å². The number of aromatic amines is 4. The number of ether oxygens (including phenoxy) is 12. The van der Waals surface area contributed by atoms with E-state index >= 15 is 0 Å². The maximum atomic E-state index is 13.3. The summed E-state index contributed by atoms with van der Waals surface area (Å²) >= 11 is 18.9. The van der Waals surface area contributed by atoms with Gasteiger partial charge in [0.05, 0.1) is 82.5 Å². The van der Waals surface area contributed by atoms with Crippen molar-refractivity contribution in [1.29, 1.82) is 16.2 Å². The van der Waals surface area contributed by atoms with Crippen LogP contribution in [-0.2, 0) is 56.8 Å². The molecule has 4 saturated heterocycles. The predicted molar refractivity (Wildman–Crippen MR) is 571 cm³/mol. The van der Waals surface area contributed by atoms with E-state index in [2.05, 4.69) is 256 Å². The number of H-pyrrole nitrogens is 4. The van der Waals surface area contributed by atoms with Gasteiger partial charge in [-0.05, 0) is 56.1 Å². The molecule has 4 aliphatic rings. The number of amides is 1. The molecular formula is C79H100I11N18O17-. The zero-order valence-corrected chi connectivity index (χ0v) is 91.3. The van der Waals surface area contributed by atoms with Gasteiger partial charge in [-0.2, -0.15) is 0 Å². The molecule has 1 amide bonds. The molecule has 35 nitrogen and oxygen atoms in total. The molecule has 125 heavy (non-hydrogen) atoms. The number of fused-ring (bicyclic) bond motifs is 1. The van der Waals surface area contributed by atoms with Gasteiger partial charge in [0, 0.05) is 120 Å². The molecule has 0 spiro atoms. The van der Waals surface area contributed by atoms with E-state index in [-0.39, 0.29) is 163 Å². The van der Waals surface area contributed by atoms with Crippen molar-refractivity contribution in [2.24, 2.45) is 5.73 Å². The van der Waals surface area contributed by atoms with Crippen LogP contribution in [0.2, 0.25) is 0 Å². The normalized spacial score (nSPS) is 20.4. The molecule has 686 valence electrons. The fraction of sp³-hybridized carbons (Fsp3) is 0.456. The first-order chi connectivity index (χ1) is 59.3. The number of carbonyl (C=O) groups is 1. The van der Waals surface area contributed by atoms with Crippen molar-refractivity contribution in [3.8, 4) is 35.5 Å². The topological polar surface area (TPSA) is 474 Å². The second kappa shape index (κ2) is 58.2. The van der Waals surface area contributed by atoms with Crippen molar-refractivity contribution in [3.05, 3.63) is 150 Å². The van der Waals surface area contributed by atoms with Crippen LogP contribution in [0.1, 0.15) is 100.0 Å². The third-order valence-corrected chi connectivity index (χ3v) is 267. The molecule has 9 aromatic rings. The summed E-state index contributed by atoms with van der Waals surface area (Å²) in [6.07, 6.45) is 7.51. The van der Waals surface area contributed by atoms with Crippen molar-refractivity contribution >= 4 is 238 Å². The van der Waals surface area contributed by atoms with E-state index in [1.165, 1.54) is 25.3 Å². The Morgan fingerprint density at radius 1 is 0.552 bits per heavy atom. The average molecular weight is 2970 g/mol. The molecule has 4 aromatic carbocycles. The van der Waals surface area contributed by atoms with Crippen LogP contribution >= 0.6 is 154 Å². The third-order valence-electron chi connectivity index (χ3n) is 18.7. The Morgan fingerprint density at radius 3 is 1.37 bits per heavy atom. The number of nitrogens with one attached hydrogen (secondary N) is 11. The monoisotopic (exact) mass is 2970 g/mol. The molecule has 0 saturated carbocycles. The zero-order valence-electron chi connectivity index (χ0n) is 67.6. The molecule has 4 unspecified atom stereocenters. The summed E-state index contributed by atoms with van der Waals surface area (Å²) in [4.78, 5) is 92.4. The number of methoxy groups -OCH3 is 8. The van der Waals surface area contributed by atoms with Gasteiger partial charge in [0.1, 0.15) is 101 Å². The summed E-state index contributed by atoms with van der Waals surface area (Å²) in [5.41, 5.74) is 4.97. The van der Waals surface area contributed by atoms with Crippen LogP contribution in [0.4, 0.5) is 17.5 Å². The van der Waals surface area contributed by atoms with Gasteiger partial charge >= 0.3 is 167 Å². The molecule has 46 heteroatoms. The summed E-state index contributed by atoms with van der Waals surface area (Å²) in [5.74, 6) is 17.0.